The highest BCUT2D eigenvalue weighted by atomic mass is 32.2. The van der Waals surface area contributed by atoms with Crippen LogP contribution in [0, 0.1) is 0 Å². The lowest BCUT2D eigenvalue weighted by molar-refractivity contribution is 0.514. The van der Waals surface area contributed by atoms with E-state index in [1.165, 1.54) is 12.5 Å². The fraction of sp³-hybridized carbons (Fsp3) is 0.667. The van der Waals surface area contributed by atoms with Gasteiger partial charge in [0.2, 0.25) is 0 Å². The molecule has 1 aromatic heterocycles. The van der Waals surface area contributed by atoms with Crippen LogP contribution in [0.15, 0.2) is 22.2 Å². The summed E-state index contributed by atoms with van der Waals surface area (Å²) in [5, 5.41) is 4.22. The zero-order chi connectivity index (χ0) is 12.5. The van der Waals surface area contributed by atoms with Crippen molar-refractivity contribution in [2.24, 2.45) is 0 Å². The summed E-state index contributed by atoms with van der Waals surface area (Å²) in [5.41, 5.74) is -0.0870. The quantitative estimate of drug-likeness (QED) is 0.551. The molecule has 5 heteroatoms. The lowest BCUT2D eigenvalue weighted by atomic mass is 10.2. The molecule has 1 aromatic rings. The lowest BCUT2D eigenvalue weighted by Gasteiger charge is -2.16. The minimum Gasteiger partial charge on any atom is -0.313 e. The summed E-state index contributed by atoms with van der Waals surface area (Å²) >= 11 is 1.60. The van der Waals surface area contributed by atoms with Gasteiger partial charge in [0.15, 0.2) is 5.16 Å². The molecule has 96 valence electrons. The Labute approximate surface area is 107 Å². The predicted molar refractivity (Wildman–Crippen MR) is 72.6 cm³/mol. The topological polar surface area (TPSA) is 57.8 Å². The first-order valence-electron chi connectivity index (χ1n) is 6.17. The van der Waals surface area contributed by atoms with Crippen LogP contribution in [0.3, 0.4) is 0 Å². The number of aromatic nitrogens is 2. The molecule has 0 aliphatic carbocycles. The van der Waals surface area contributed by atoms with Crippen LogP contribution in [0.5, 0.6) is 0 Å². The van der Waals surface area contributed by atoms with Gasteiger partial charge in [-0.25, -0.2) is 4.98 Å². The number of nitrogens with one attached hydrogen (secondary N) is 2. The summed E-state index contributed by atoms with van der Waals surface area (Å²) in [4.78, 5) is 18.0. The first-order valence-corrected chi connectivity index (χ1v) is 7.16. The summed E-state index contributed by atoms with van der Waals surface area (Å²) in [7, 11) is 0. The second kappa shape index (κ2) is 8.31. The Kier molecular flexibility index (Phi) is 6.96. The first-order chi connectivity index (χ1) is 8.26. The van der Waals surface area contributed by atoms with E-state index in [0.717, 1.165) is 25.1 Å². The number of thioether (sulfide) groups is 1. The molecular weight excluding hydrogens is 234 g/mol. The van der Waals surface area contributed by atoms with Crippen LogP contribution >= 0.6 is 11.8 Å². The molecule has 0 amide bonds. The van der Waals surface area contributed by atoms with Gasteiger partial charge in [0, 0.05) is 24.1 Å². The van der Waals surface area contributed by atoms with Gasteiger partial charge in [-0.1, -0.05) is 32.0 Å². The number of hydrogen-bond acceptors (Lipinski definition) is 4. The Morgan fingerprint density at radius 1 is 1.47 bits per heavy atom. The lowest BCUT2D eigenvalue weighted by Crippen LogP contribution is -2.31. The standard InChI is InChI=1S/C12H21N3OS/c1-3-5-10(13-7-4-2)9-17-12-14-8-6-11(16)15-12/h6,8,10,13H,3-5,7,9H2,1-2H3,(H,14,15,16). The van der Waals surface area contributed by atoms with Crippen LogP contribution in [-0.4, -0.2) is 28.3 Å². The summed E-state index contributed by atoms with van der Waals surface area (Å²) < 4.78 is 0. The van der Waals surface area contributed by atoms with Crippen LogP contribution in [0.25, 0.3) is 0 Å². The highest BCUT2D eigenvalue weighted by Gasteiger charge is 2.07. The first kappa shape index (κ1) is 14.3. The maximum Gasteiger partial charge on any atom is 0.251 e. The monoisotopic (exact) mass is 255 g/mol. The van der Waals surface area contributed by atoms with Gasteiger partial charge in [-0.2, -0.15) is 0 Å². The molecule has 1 atom stereocenters. The fourth-order valence-electron chi connectivity index (χ4n) is 1.55. The molecule has 0 saturated heterocycles. The van der Waals surface area contributed by atoms with Gasteiger partial charge in [0.25, 0.3) is 5.56 Å². The van der Waals surface area contributed by atoms with E-state index in [2.05, 4.69) is 29.1 Å². The van der Waals surface area contributed by atoms with E-state index in [0.29, 0.717) is 11.2 Å². The van der Waals surface area contributed by atoms with Gasteiger partial charge in [-0.15, -0.1) is 0 Å². The van der Waals surface area contributed by atoms with Crippen LogP contribution in [0.4, 0.5) is 0 Å². The van der Waals surface area contributed by atoms with Crippen molar-refractivity contribution in [2.45, 2.75) is 44.3 Å². The molecule has 0 spiro atoms. The second-order valence-corrected chi connectivity index (χ2v) is 5.00. The van der Waals surface area contributed by atoms with E-state index in [9.17, 15) is 4.79 Å². The Hall–Kier alpha value is -0.810. The Morgan fingerprint density at radius 3 is 2.94 bits per heavy atom. The third-order valence-corrected chi connectivity index (χ3v) is 3.44. The Morgan fingerprint density at radius 2 is 2.29 bits per heavy atom. The van der Waals surface area contributed by atoms with E-state index in [-0.39, 0.29) is 5.56 Å². The average molecular weight is 255 g/mol. The zero-order valence-corrected chi connectivity index (χ0v) is 11.3. The molecule has 0 bridgehead atoms. The van der Waals surface area contributed by atoms with Crippen molar-refractivity contribution in [1.82, 2.24) is 15.3 Å². The van der Waals surface area contributed by atoms with Crippen molar-refractivity contribution in [1.29, 1.82) is 0 Å². The Balaban J connectivity index is 2.42. The molecule has 0 aliphatic heterocycles. The summed E-state index contributed by atoms with van der Waals surface area (Å²) in [5.74, 6) is 0.945. The van der Waals surface area contributed by atoms with E-state index in [4.69, 9.17) is 0 Å². The van der Waals surface area contributed by atoms with Crippen LogP contribution in [-0.2, 0) is 0 Å². The van der Waals surface area contributed by atoms with Crippen molar-refractivity contribution in [3.63, 3.8) is 0 Å². The van der Waals surface area contributed by atoms with Crippen molar-refractivity contribution < 1.29 is 0 Å². The molecule has 1 unspecified atom stereocenters. The van der Waals surface area contributed by atoms with Gasteiger partial charge < -0.3 is 10.3 Å². The summed E-state index contributed by atoms with van der Waals surface area (Å²) in [6.07, 6.45) is 5.02. The number of H-pyrrole nitrogens is 1. The molecule has 0 aromatic carbocycles. The fourth-order valence-corrected chi connectivity index (χ4v) is 2.50. The maximum absolute atomic E-state index is 11.1. The normalized spacial score (nSPS) is 12.6. The van der Waals surface area contributed by atoms with Crippen molar-refractivity contribution >= 4 is 11.8 Å². The molecule has 0 saturated carbocycles. The van der Waals surface area contributed by atoms with Crippen LogP contribution < -0.4 is 10.9 Å². The van der Waals surface area contributed by atoms with E-state index >= 15 is 0 Å². The van der Waals surface area contributed by atoms with E-state index in [1.54, 1.807) is 18.0 Å². The number of hydrogen-bond donors (Lipinski definition) is 2. The zero-order valence-electron chi connectivity index (χ0n) is 10.5. The highest BCUT2D eigenvalue weighted by Crippen LogP contribution is 2.13. The smallest absolute Gasteiger partial charge is 0.251 e. The van der Waals surface area contributed by atoms with Crippen molar-refractivity contribution in [3.8, 4) is 0 Å². The van der Waals surface area contributed by atoms with Crippen LogP contribution in [0.1, 0.15) is 33.1 Å². The minimum absolute atomic E-state index is 0.0870. The molecule has 2 N–H and O–H groups in total. The average Bonchev–Trinajstić information content (AvgIpc) is 2.33. The third kappa shape index (κ3) is 5.89. The van der Waals surface area contributed by atoms with Crippen molar-refractivity contribution in [3.05, 3.63) is 22.6 Å². The van der Waals surface area contributed by atoms with E-state index < -0.39 is 0 Å². The molecule has 4 nitrogen and oxygen atoms in total. The maximum atomic E-state index is 11.1. The number of aromatic amines is 1. The van der Waals surface area contributed by atoms with Crippen molar-refractivity contribution in [2.75, 3.05) is 12.3 Å². The molecule has 1 rings (SSSR count). The van der Waals surface area contributed by atoms with E-state index in [1.807, 2.05) is 0 Å². The SMILES string of the molecule is CCCNC(CCC)CSc1nccc(=O)[nH]1. The molecule has 17 heavy (non-hydrogen) atoms. The van der Waals surface area contributed by atoms with Gasteiger partial charge in [0.05, 0.1) is 0 Å². The molecule has 0 aliphatic rings. The second-order valence-electron chi connectivity index (χ2n) is 3.99. The molecule has 0 fully saturated rings. The molecule has 0 radical (unpaired) electrons. The molecule has 1 heterocycles. The number of nitrogens with zero attached hydrogens (tertiary/aromatic N) is 1. The van der Waals surface area contributed by atoms with Gasteiger partial charge in [0.1, 0.15) is 0 Å². The van der Waals surface area contributed by atoms with Crippen LogP contribution in [0.2, 0.25) is 0 Å². The highest BCUT2D eigenvalue weighted by molar-refractivity contribution is 7.99. The van der Waals surface area contributed by atoms with Gasteiger partial charge in [-0.3, -0.25) is 4.79 Å². The number of rotatable bonds is 8. The third-order valence-electron chi connectivity index (χ3n) is 2.39. The predicted octanol–water partition coefficient (Wildman–Crippen LogP) is 2.03. The Bertz CT molecular complexity index is 367. The summed E-state index contributed by atoms with van der Waals surface area (Å²) in [6, 6.07) is 1.93. The minimum atomic E-state index is -0.0870. The summed E-state index contributed by atoms with van der Waals surface area (Å²) in [6.45, 7) is 5.40. The molecular formula is C12H21N3OS. The van der Waals surface area contributed by atoms with Gasteiger partial charge in [-0.05, 0) is 19.4 Å². The largest absolute Gasteiger partial charge is 0.313 e. The van der Waals surface area contributed by atoms with Gasteiger partial charge >= 0.3 is 0 Å².